The number of anilines is 2. The van der Waals surface area contributed by atoms with E-state index in [1.54, 1.807) is 18.5 Å². The Morgan fingerprint density at radius 3 is 2.32 bits per heavy atom. The average molecular weight is 486 g/mol. The van der Waals surface area contributed by atoms with Gasteiger partial charge in [-0.2, -0.15) is 4.98 Å². The zero-order chi connectivity index (χ0) is 23.3. The molecular formula is C25H23N7S2. The summed E-state index contributed by atoms with van der Waals surface area (Å²) in [4.78, 5) is 20.3. The van der Waals surface area contributed by atoms with E-state index in [2.05, 4.69) is 73.8 Å². The van der Waals surface area contributed by atoms with Crippen molar-refractivity contribution in [2.45, 2.75) is 36.2 Å². The van der Waals surface area contributed by atoms with Crippen molar-refractivity contribution in [3.05, 3.63) is 95.8 Å². The lowest BCUT2D eigenvalue weighted by Crippen LogP contribution is -2.31. The first kappa shape index (κ1) is 22.2. The van der Waals surface area contributed by atoms with Crippen LogP contribution in [0.1, 0.15) is 29.7 Å². The molecule has 2 N–H and O–H groups in total. The van der Waals surface area contributed by atoms with Gasteiger partial charge in [0.1, 0.15) is 10.8 Å². The Labute approximate surface area is 208 Å². The second-order valence-electron chi connectivity index (χ2n) is 7.88. The first-order valence-corrected chi connectivity index (χ1v) is 12.1. The molecule has 3 heterocycles. The van der Waals surface area contributed by atoms with Gasteiger partial charge in [-0.25, -0.2) is 15.0 Å². The van der Waals surface area contributed by atoms with Gasteiger partial charge in [0, 0.05) is 31.5 Å². The van der Waals surface area contributed by atoms with Crippen LogP contribution in [0.4, 0.5) is 11.8 Å². The number of hydrogen-bond acceptors (Lipinski definition) is 7. The fourth-order valence-corrected chi connectivity index (χ4v) is 4.75. The first-order valence-electron chi connectivity index (χ1n) is 10.9. The number of nitrogens with zero attached hydrogens (tertiary/aromatic N) is 5. The van der Waals surface area contributed by atoms with E-state index in [4.69, 9.17) is 17.2 Å². The first-order chi connectivity index (χ1) is 16.6. The predicted octanol–water partition coefficient (Wildman–Crippen LogP) is 4.99. The zero-order valence-corrected chi connectivity index (χ0v) is 20.2. The van der Waals surface area contributed by atoms with Gasteiger partial charge in [-0.3, -0.25) is 0 Å². The van der Waals surface area contributed by atoms with Crippen molar-refractivity contribution in [2.75, 3.05) is 10.2 Å². The van der Waals surface area contributed by atoms with Crippen LogP contribution in [-0.2, 0) is 13.1 Å². The Kier molecular flexibility index (Phi) is 6.64. The molecule has 7 nitrogen and oxygen atoms in total. The molecule has 0 saturated heterocycles. The highest BCUT2D eigenvalue weighted by atomic mass is 32.2. The van der Waals surface area contributed by atoms with Gasteiger partial charge >= 0.3 is 0 Å². The molecule has 0 aliphatic carbocycles. The van der Waals surface area contributed by atoms with E-state index in [9.17, 15) is 0 Å². The van der Waals surface area contributed by atoms with E-state index >= 15 is 0 Å². The molecule has 170 valence electrons. The third-order valence-corrected chi connectivity index (χ3v) is 6.50. The summed E-state index contributed by atoms with van der Waals surface area (Å²) in [5.74, 6) is 1.26. The third-order valence-electron chi connectivity index (χ3n) is 5.46. The molecule has 5 rings (SSSR count). The van der Waals surface area contributed by atoms with Crippen LogP contribution in [-0.4, -0.2) is 25.0 Å². The molecule has 4 aromatic rings. The molecule has 0 radical (unpaired) electrons. The summed E-state index contributed by atoms with van der Waals surface area (Å²) in [6.07, 6.45) is 3.44. The van der Waals surface area contributed by atoms with Crippen LogP contribution in [0.5, 0.6) is 0 Å². The molecule has 1 atom stereocenters. The number of aromatic nitrogens is 4. The van der Waals surface area contributed by atoms with Crippen molar-refractivity contribution in [1.29, 1.82) is 0 Å². The summed E-state index contributed by atoms with van der Waals surface area (Å²) < 4.78 is 0. The molecular weight excluding hydrogens is 462 g/mol. The summed E-state index contributed by atoms with van der Waals surface area (Å²) >= 11 is 6.97. The molecule has 2 aromatic carbocycles. The Hall–Kier alpha value is -3.56. The Morgan fingerprint density at radius 2 is 1.62 bits per heavy atom. The minimum Gasteiger partial charge on any atom is -0.356 e. The summed E-state index contributed by atoms with van der Waals surface area (Å²) in [5, 5.41) is 8.32. The molecule has 1 aliphatic rings. The maximum Gasteiger partial charge on any atom is 0.232 e. The van der Waals surface area contributed by atoms with Crippen molar-refractivity contribution < 1.29 is 0 Å². The number of thiocarbonyl (C=S) groups is 1. The number of benzene rings is 2. The van der Waals surface area contributed by atoms with Crippen LogP contribution in [0.3, 0.4) is 0 Å². The van der Waals surface area contributed by atoms with Crippen molar-refractivity contribution in [3.63, 3.8) is 0 Å². The van der Waals surface area contributed by atoms with Crippen LogP contribution >= 0.6 is 24.0 Å². The van der Waals surface area contributed by atoms with Gasteiger partial charge in [0.25, 0.3) is 0 Å². The molecule has 0 spiro atoms. The van der Waals surface area contributed by atoms with Gasteiger partial charge in [-0.1, -0.05) is 54.6 Å². The molecule has 1 aliphatic heterocycles. The van der Waals surface area contributed by atoms with E-state index in [0.29, 0.717) is 16.2 Å². The van der Waals surface area contributed by atoms with Crippen molar-refractivity contribution in [2.24, 2.45) is 0 Å². The van der Waals surface area contributed by atoms with Crippen LogP contribution in [0.2, 0.25) is 0 Å². The molecule has 0 saturated carbocycles. The fraction of sp³-hybridized carbons (Fsp3) is 0.160. The highest BCUT2D eigenvalue weighted by Gasteiger charge is 2.21. The van der Waals surface area contributed by atoms with Crippen LogP contribution in [0.25, 0.3) is 0 Å². The molecule has 0 bridgehead atoms. The third kappa shape index (κ3) is 5.32. The van der Waals surface area contributed by atoms with Crippen LogP contribution in [0.15, 0.2) is 89.3 Å². The lowest BCUT2D eigenvalue weighted by atomic mass is 10.1. The highest BCUT2D eigenvalue weighted by molar-refractivity contribution is 7.99. The van der Waals surface area contributed by atoms with Crippen molar-refractivity contribution in [3.8, 4) is 0 Å². The van der Waals surface area contributed by atoms with Gasteiger partial charge in [-0.05, 0) is 53.7 Å². The summed E-state index contributed by atoms with van der Waals surface area (Å²) in [7, 11) is 0. The largest absolute Gasteiger partial charge is 0.356 e. The predicted molar refractivity (Wildman–Crippen MR) is 139 cm³/mol. The van der Waals surface area contributed by atoms with Crippen molar-refractivity contribution in [1.82, 2.24) is 25.3 Å². The van der Waals surface area contributed by atoms with Gasteiger partial charge in [0.05, 0.1) is 6.04 Å². The standard InChI is InChI=1S/C25H23N7S2/c1-17(18-8-3-2-4-9-18)28-24(33)31-23-29-21(32-15-19-10-5-6-11-20(19)16-32)14-22(30-23)34-25-26-12-7-13-27-25/h2-14,17H,15-16H2,1H3,(H2,28,29,30,31,33)/t17-/m0/s1. The number of nitrogens with one attached hydrogen (secondary N) is 2. The van der Waals surface area contributed by atoms with E-state index in [0.717, 1.165) is 29.5 Å². The highest BCUT2D eigenvalue weighted by Crippen LogP contribution is 2.31. The summed E-state index contributed by atoms with van der Waals surface area (Å²) in [5.41, 5.74) is 3.77. The maximum atomic E-state index is 5.57. The van der Waals surface area contributed by atoms with E-state index in [1.165, 1.54) is 22.9 Å². The average Bonchev–Trinajstić information content (AvgIpc) is 3.29. The van der Waals surface area contributed by atoms with Gasteiger partial charge in [0.2, 0.25) is 5.95 Å². The molecule has 9 heteroatoms. The summed E-state index contributed by atoms with van der Waals surface area (Å²) in [6, 6.07) is 22.4. The minimum absolute atomic E-state index is 0.0454. The molecule has 0 unspecified atom stereocenters. The van der Waals surface area contributed by atoms with Gasteiger partial charge in [-0.15, -0.1) is 0 Å². The number of fused-ring (bicyclic) bond motifs is 1. The Morgan fingerprint density at radius 1 is 0.941 bits per heavy atom. The maximum absolute atomic E-state index is 5.57. The van der Waals surface area contributed by atoms with Gasteiger partial charge < -0.3 is 15.5 Å². The minimum atomic E-state index is 0.0454. The lowest BCUT2D eigenvalue weighted by molar-refractivity contribution is 0.722. The van der Waals surface area contributed by atoms with E-state index < -0.39 is 0 Å². The molecule has 2 aromatic heterocycles. The Bertz CT molecular complexity index is 1260. The normalized spacial score (nSPS) is 13.3. The number of hydrogen-bond donors (Lipinski definition) is 2. The zero-order valence-electron chi connectivity index (χ0n) is 18.5. The lowest BCUT2D eigenvalue weighted by Gasteiger charge is -2.20. The van der Waals surface area contributed by atoms with Crippen LogP contribution in [0, 0.1) is 0 Å². The fourth-order valence-electron chi connectivity index (χ4n) is 3.77. The smallest absolute Gasteiger partial charge is 0.232 e. The SMILES string of the molecule is C[C@H](NC(=S)Nc1nc(Sc2ncccn2)cc(N2Cc3ccccc3C2)n1)c1ccccc1. The Balaban J connectivity index is 1.37. The molecule has 0 amide bonds. The molecule has 34 heavy (non-hydrogen) atoms. The topological polar surface area (TPSA) is 78.9 Å². The molecule has 0 fully saturated rings. The van der Waals surface area contributed by atoms with E-state index in [-0.39, 0.29) is 6.04 Å². The van der Waals surface area contributed by atoms with E-state index in [1.807, 2.05) is 24.3 Å². The quantitative estimate of drug-likeness (QED) is 0.223. The number of rotatable bonds is 6. The monoisotopic (exact) mass is 485 g/mol. The second-order valence-corrected chi connectivity index (χ2v) is 9.27. The van der Waals surface area contributed by atoms with Crippen LogP contribution < -0.4 is 15.5 Å². The van der Waals surface area contributed by atoms with Gasteiger partial charge in [0.15, 0.2) is 10.3 Å². The summed E-state index contributed by atoms with van der Waals surface area (Å²) in [6.45, 7) is 3.66. The second kappa shape index (κ2) is 10.1. The van der Waals surface area contributed by atoms with Crippen molar-refractivity contribution >= 4 is 40.9 Å².